The molecule has 0 radical (unpaired) electrons. The number of aromatic nitrogens is 2. The highest BCUT2D eigenvalue weighted by molar-refractivity contribution is 5.37. The van der Waals surface area contributed by atoms with Crippen molar-refractivity contribution < 1.29 is 9.31 Å². The van der Waals surface area contributed by atoms with Crippen molar-refractivity contribution in [1.82, 2.24) is 9.97 Å². The molecule has 0 aliphatic rings. The van der Waals surface area contributed by atoms with E-state index >= 15 is 0 Å². The molecule has 5 nitrogen and oxygen atoms in total. The minimum atomic E-state index is 0.341. The number of nitrogens with one attached hydrogen (secondary N) is 1. The van der Waals surface area contributed by atoms with E-state index in [4.69, 9.17) is 4.74 Å². The second-order valence-corrected chi connectivity index (χ2v) is 3.97. The highest BCUT2D eigenvalue weighted by Gasteiger charge is 2.02. The van der Waals surface area contributed by atoms with Gasteiger partial charge >= 0.3 is 0 Å². The van der Waals surface area contributed by atoms with Crippen molar-refractivity contribution in [1.29, 1.82) is 0 Å². The van der Waals surface area contributed by atoms with Gasteiger partial charge in [0, 0.05) is 12.1 Å². The third-order valence-corrected chi connectivity index (χ3v) is 1.80. The molecule has 1 rings (SSSR count). The molecule has 0 saturated carbocycles. The summed E-state index contributed by atoms with van der Waals surface area (Å²) in [6.45, 7) is 9.18. The van der Waals surface area contributed by atoms with Crippen LogP contribution in [0.2, 0.25) is 0 Å². The molecule has 1 heterocycles. The lowest BCUT2D eigenvalue weighted by Crippen LogP contribution is -2.14. The molecule has 5 heteroatoms. The molecule has 88 valence electrons. The number of rotatable bonds is 6. The van der Waals surface area contributed by atoms with Gasteiger partial charge in [0.1, 0.15) is 32.5 Å². The summed E-state index contributed by atoms with van der Waals surface area (Å²) in [6.07, 6.45) is 1.49. The van der Waals surface area contributed by atoms with Gasteiger partial charge in [0.25, 0.3) is 0 Å². The SMILES string of the molecule is C=[N+](C)CCOc1cc(NC(C)C)ncn1. The molecule has 0 unspecified atom stereocenters. The summed E-state index contributed by atoms with van der Waals surface area (Å²) >= 11 is 0. The lowest BCUT2D eigenvalue weighted by molar-refractivity contribution is -0.490. The van der Waals surface area contributed by atoms with E-state index in [-0.39, 0.29) is 0 Å². The predicted octanol–water partition coefficient (Wildman–Crippen LogP) is 1.02. The first kappa shape index (κ1) is 12.4. The first-order chi connectivity index (χ1) is 7.58. The topological polar surface area (TPSA) is 50.0 Å². The summed E-state index contributed by atoms with van der Waals surface area (Å²) in [4.78, 5) is 8.13. The molecule has 0 aliphatic carbocycles. The molecule has 1 aromatic rings. The van der Waals surface area contributed by atoms with Crippen molar-refractivity contribution in [3.63, 3.8) is 0 Å². The summed E-state index contributed by atoms with van der Waals surface area (Å²) in [6, 6.07) is 2.14. The molecule has 0 aromatic carbocycles. The van der Waals surface area contributed by atoms with Crippen molar-refractivity contribution in [2.24, 2.45) is 0 Å². The Labute approximate surface area is 96.2 Å². The lowest BCUT2D eigenvalue weighted by Gasteiger charge is -2.09. The van der Waals surface area contributed by atoms with E-state index in [1.807, 2.05) is 11.6 Å². The molecule has 0 fully saturated rings. The van der Waals surface area contributed by atoms with Crippen LogP contribution in [0.3, 0.4) is 0 Å². The van der Waals surface area contributed by atoms with Crippen molar-refractivity contribution in [2.45, 2.75) is 19.9 Å². The largest absolute Gasteiger partial charge is 0.471 e. The van der Waals surface area contributed by atoms with Crippen LogP contribution in [0.25, 0.3) is 0 Å². The zero-order valence-electron chi connectivity index (χ0n) is 10.1. The summed E-state index contributed by atoms with van der Waals surface area (Å²) < 4.78 is 7.28. The van der Waals surface area contributed by atoms with Crippen LogP contribution in [0, 0.1) is 0 Å². The first-order valence-corrected chi connectivity index (χ1v) is 5.31. The van der Waals surface area contributed by atoms with Gasteiger partial charge in [-0.15, -0.1) is 0 Å². The maximum atomic E-state index is 5.47. The Balaban J connectivity index is 2.50. The molecule has 0 amide bonds. The fraction of sp³-hybridized carbons (Fsp3) is 0.545. The zero-order valence-corrected chi connectivity index (χ0v) is 10.1. The summed E-state index contributed by atoms with van der Waals surface area (Å²) in [5.74, 6) is 1.36. The molecule has 0 spiro atoms. The van der Waals surface area contributed by atoms with Gasteiger partial charge in [-0.3, -0.25) is 0 Å². The number of hydrogen-bond acceptors (Lipinski definition) is 4. The maximum Gasteiger partial charge on any atom is 0.218 e. The predicted molar refractivity (Wildman–Crippen MR) is 64.5 cm³/mol. The Morgan fingerprint density at radius 1 is 1.50 bits per heavy atom. The molecule has 0 aliphatic heterocycles. The molecule has 1 aromatic heterocycles. The van der Waals surface area contributed by atoms with Crippen LogP contribution in [-0.4, -0.2) is 47.5 Å². The number of hydrogen-bond donors (Lipinski definition) is 1. The molecular weight excluding hydrogens is 204 g/mol. The second-order valence-electron chi connectivity index (χ2n) is 3.97. The Hall–Kier alpha value is -1.65. The van der Waals surface area contributed by atoms with Gasteiger partial charge in [-0.2, -0.15) is 0 Å². The van der Waals surface area contributed by atoms with Gasteiger partial charge in [0.05, 0.1) is 0 Å². The lowest BCUT2D eigenvalue weighted by atomic mass is 10.4. The van der Waals surface area contributed by atoms with Crippen LogP contribution in [0.15, 0.2) is 12.4 Å². The van der Waals surface area contributed by atoms with Crippen LogP contribution in [0.4, 0.5) is 5.82 Å². The standard InChI is InChI=1S/C11H19N4O/c1-9(2)14-10-7-11(13-8-12-10)16-6-5-15(3)4/h7-9H,3,5-6H2,1-2,4H3,(H,12,13,14)/q+1. The van der Waals surface area contributed by atoms with Crippen LogP contribution < -0.4 is 10.1 Å². The van der Waals surface area contributed by atoms with Gasteiger partial charge < -0.3 is 10.1 Å². The van der Waals surface area contributed by atoms with E-state index in [0.717, 1.165) is 12.4 Å². The minimum Gasteiger partial charge on any atom is -0.471 e. The number of anilines is 1. The van der Waals surface area contributed by atoms with Crippen molar-refractivity contribution in [2.75, 3.05) is 25.5 Å². The number of likely N-dealkylation sites (N-methyl/N-ethyl adjacent to an activating group) is 1. The van der Waals surface area contributed by atoms with Crippen molar-refractivity contribution in [3.8, 4) is 5.88 Å². The fourth-order valence-electron chi connectivity index (χ4n) is 1.10. The van der Waals surface area contributed by atoms with E-state index < -0.39 is 0 Å². The average Bonchev–Trinajstić information content (AvgIpc) is 2.16. The minimum absolute atomic E-state index is 0.341. The quantitative estimate of drug-likeness (QED) is 0.578. The van der Waals surface area contributed by atoms with Gasteiger partial charge in [-0.1, -0.05) is 0 Å². The van der Waals surface area contributed by atoms with Crippen LogP contribution in [0.5, 0.6) is 5.88 Å². The Bertz CT molecular complexity index is 352. The monoisotopic (exact) mass is 223 g/mol. The van der Waals surface area contributed by atoms with E-state index in [9.17, 15) is 0 Å². The van der Waals surface area contributed by atoms with Crippen LogP contribution in [0.1, 0.15) is 13.8 Å². The van der Waals surface area contributed by atoms with Crippen LogP contribution in [-0.2, 0) is 0 Å². The van der Waals surface area contributed by atoms with Gasteiger partial charge in [0.15, 0.2) is 6.54 Å². The summed E-state index contributed by atoms with van der Waals surface area (Å²) in [5, 5.41) is 3.19. The number of nitrogens with zero attached hydrogens (tertiary/aromatic N) is 3. The Morgan fingerprint density at radius 2 is 2.25 bits per heavy atom. The Kier molecular flexibility index (Phi) is 4.69. The molecule has 16 heavy (non-hydrogen) atoms. The maximum absolute atomic E-state index is 5.47. The van der Waals surface area contributed by atoms with Gasteiger partial charge in [-0.25, -0.2) is 14.5 Å². The molecule has 0 bridgehead atoms. The zero-order chi connectivity index (χ0) is 12.0. The van der Waals surface area contributed by atoms with Crippen LogP contribution >= 0.6 is 0 Å². The normalized spacial score (nSPS) is 10.2. The smallest absolute Gasteiger partial charge is 0.218 e. The summed E-state index contributed by atoms with van der Waals surface area (Å²) in [5.41, 5.74) is 0. The summed E-state index contributed by atoms with van der Waals surface area (Å²) in [7, 11) is 1.90. The number of ether oxygens (including phenoxy) is 1. The van der Waals surface area contributed by atoms with Crippen molar-refractivity contribution >= 4 is 12.5 Å². The molecule has 0 atom stereocenters. The molecule has 0 saturated heterocycles. The van der Waals surface area contributed by atoms with Gasteiger partial charge in [0.2, 0.25) is 5.88 Å². The molecular formula is C11H19N4O+. The van der Waals surface area contributed by atoms with Crippen molar-refractivity contribution in [3.05, 3.63) is 12.4 Å². The average molecular weight is 223 g/mol. The second kappa shape index (κ2) is 6.05. The third-order valence-electron chi connectivity index (χ3n) is 1.80. The third kappa shape index (κ3) is 4.72. The fourth-order valence-corrected chi connectivity index (χ4v) is 1.10. The Morgan fingerprint density at radius 3 is 2.88 bits per heavy atom. The molecule has 1 N–H and O–H groups in total. The highest BCUT2D eigenvalue weighted by Crippen LogP contribution is 2.11. The van der Waals surface area contributed by atoms with E-state index in [0.29, 0.717) is 18.5 Å². The van der Waals surface area contributed by atoms with E-state index in [1.54, 1.807) is 6.07 Å². The highest BCUT2D eigenvalue weighted by atomic mass is 16.5. The van der Waals surface area contributed by atoms with E-state index in [2.05, 4.69) is 35.8 Å². The first-order valence-electron chi connectivity index (χ1n) is 5.31. The van der Waals surface area contributed by atoms with E-state index in [1.165, 1.54) is 6.33 Å². The van der Waals surface area contributed by atoms with Gasteiger partial charge in [-0.05, 0) is 13.8 Å².